The molecule has 0 saturated heterocycles. The lowest BCUT2D eigenvalue weighted by molar-refractivity contribution is -0.141. The Balaban J connectivity index is 1.75. The van der Waals surface area contributed by atoms with Gasteiger partial charge in [-0.15, -0.1) is 4.40 Å². The molecule has 0 radical (unpaired) electrons. The van der Waals surface area contributed by atoms with Gasteiger partial charge < -0.3 is 15.0 Å². The number of hydrogen-bond acceptors (Lipinski definition) is 5. The number of rotatable bonds is 5. The Morgan fingerprint density at radius 3 is 2.22 bits per heavy atom. The molecule has 0 spiro atoms. The number of amidine groups is 1. The van der Waals surface area contributed by atoms with Crippen LogP contribution in [-0.4, -0.2) is 56.9 Å². The zero-order chi connectivity index (χ0) is 26.3. The Morgan fingerprint density at radius 1 is 1.08 bits per heavy atom. The summed E-state index contributed by atoms with van der Waals surface area (Å²) in [5.74, 6) is -0.0191. The lowest BCUT2D eigenvalue weighted by Crippen LogP contribution is -2.39. The van der Waals surface area contributed by atoms with Crippen LogP contribution in [0.4, 0.5) is 18.9 Å². The van der Waals surface area contributed by atoms with Crippen molar-refractivity contribution in [2.24, 2.45) is 4.40 Å². The smallest absolute Gasteiger partial charge is 0.435 e. The van der Waals surface area contributed by atoms with Crippen LogP contribution in [0.2, 0.25) is 0 Å². The van der Waals surface area contributed by atoms with Crippen LogP contribution in [0.15, 0.2) is 52.9 Å². The Hall–Kier alpha value is -3.87. The van der Waals surface area contributed by atoms with E-state index < -0.39 is 27.8 Å². The lowest BCUT2D eigenvalue weighted by Gasteiger charge is -2.28. The molecule has 0 atom stereocenters. The standard InChI is InChI=1S/C23H22F3N5O4S/c1-27-21(29-36(3,33)34)14-4-6-15(7-5-14)30-13-12-18-19(22(30)32)31(28-20(18)23(24,25)26)16-8-10-17(35-2)11-9-16/h4-11H,12-13H2,1-3H3,(H,27,29). The number of nitrogens with zero attached hydrogens (tertiary/aromatic N) is 4. The van der Waals surface area contributed by atoms with E-state index in [-0.39, 0.29) is 35.7 Å². The van der Waals surface area contributed by atoms with E-state index in [0.29, 0.717) is 17.0 Å². The van der Waals surface area contributed by atoms with Crippen molar-refractivity contribution in [1.29, 1.82) is 0 Å². The number of anilines is 1. The van der Waals surface area contributed by atoms with Crippen LogP contribution in [0.5, 0.6) is 5.75 Å². The van der Waals surface area contributed by atoms with E-state index in [1.54, 1.807) is 36.4 Å². The van der Waals surface area contributed by atoms with Crippen LogP contribution >= 0.6 is 0 Å². The number of aromatic nitrogens is 2. The number of ether oxygens (including phenoxy) is 1. The van der Waals surface area contributed by atoms with Gasteiger partial charge in [0, 0.05) is 30.4 Å². The quantitative estimate of drug-likeness (QED) is 0.409. The van der Waals surface area contributed by atoms with Crippen LogP contribution in [0.25, 0.3) is 5.69 Å². The van der Waals surface area contributed by atoms with E-state index in [4.69, 9.17) is 4.74 Å². The second-order valence-corrected chi connectivity index (χ2v) is 9.61. The van der Waals surface area contributed by atoms with Gasteiger partial charge in [0.25, 0.3) is 15.9 Å². The van der Waals surface area contributed by atoms with E-state index in [1.807, 2.05) is 0 Å². The van der Waals surface area contributed by atoms with Crippen LogP contribution < -0.4 is 15.0 Å². The van der Waals surface area contributed by atoms with Crippen molar-refractivity contribution < 1.29 is 31.1 Å². The number of nitrogens with one attached hydrogen (secondary N) is 1. The fourth-order valence-corrected chi connectivity index (χ4v) is 4.48. The summed E-state index contributed by atoms with van der Waals surface area (Å²) in [6.07, 6.45) is -3.82. The number of alkyl halides is 3. The largest absolute Gasteiger partial charge is 0.497 e. The van der Waals surface area contributed by atoms with Crippen molar-refractivity contribution in [3.05, 3.63) is 71.0 Å². The number of carbonyl (C=O) groups is 1. The molecule has 36 heavy (non-hydrogen) atoms. The summed E-state index contributed by atoms with van der Waals surface area (Å²) in [5.41, 5.74) is -0.248. The second kappa shape index (κ2) is 9.30. The van der Waals surface area contributed by atoms with Crippen molar-refractivity contribution in [2.75, 3.05) is 31.9 Å². The summed E-state index contributed by atoms with van der Waals surface area (Å²) in [5, 5.41) is 6.48. The molecular weight excluding hydrogens is 499 g/mol. The predicted molar refractivity (Wildman–Crippen MR) is 127 cm³/mol. The zero-order valence-electron chi connectivity index (χ0n) is 19.5. The monoisotopic (exact) mass is 521 g/mol. The maximum Gasteiger partial charge on any atom is 0.435 e. The first-order valence-electron chi connectivity index (χ1n) is 10.7. The van der Waals surface area contributed by atoms with Gasteiger partial charge in [-0.05, 0) is 55.0 Å². The number of fused-ring (bicyclic) bond motifs is 1. The number of sulfonamides is 1. The summed E-state index contributed by atoms with van der Waals surface area (Å²) in [7, 11) is -0.666. The molecule has 9 nitrogen and oxygen atoms in total. The van der Waals surface area contributed by atoms with Crippen LogP contribution in [0, 0.1) is 0 Å². The van der Waals surface area contributed by atoms with Crippen LogP contribution in [0.3, 0.4) is 0 Å². The first kappa shape index (κ1) is 25.2. The van der Waals surface area contributed by atoms with Crippen molar-refractivity contribution in [3.63, 3.8) is 0 Å². The zero-order valence-corrected chi connectivity index (χ0v) is 20.3. The summed E-state index contributed by atoms with van der Waals surface area (Å²) in [6.45, 7) is 0.0128. The highest BCUT2D eigenvalue weighted by molar-refractivity contribution is 7.89. The lowest BCUT2D eigenvalue weighted by atomic mass is 10.0. The Labute approximate surface area is 205 Å². The normalized spacial score (nSPS) is 14.6. The van der Waals surface area contributed by atoms with Crippen molar-refractivity contribution in [1.82, 2.24) is 15.1 Å². The third kappa shape index (κ3) is 4.91. The van der Waals surface area contributed by atoms with E-state index >= 15 is 0 Å². The molecule has 1 amide bonds. The highest BCUT2D eigenvalue weighted by Gasteiger charge is 2.43. The number of halogens is 3. The van der Waals surface area contributed by atoms with Gasteiger partial charge in [0.15, 0.2) is 5.69 Å². The summed E-state index contributed by atoms with van der Waals surface area (Å²) >= 11 is 0. The molecule has 190 valence electrons. The minimum Gasteiger partial charge on any atom is -0.497 e. The topological polar surface area (TPSA) is 106 Å². The van der Waals surface area contributed by atoms with Gasteiger partial charge in [0.1, 0.15) is 17.3 Å². The molecule has 0 unspecified atom stereocenters. The molecular formula is C23H22F3N5O4S. The molecule has 13 heteroatoms. The Kier molecular flexibility index (Phi) is 6.52. The van der Waals surface area contributed by atoms with Gasteiger partial charge in [-0.25, -0.2) is 13.1 Å². The summed E-state index contributed by atoms with van der Waals surface area (Å²) in [4.78, 5) is 14.9. The van der Waals surface area contributed by atoms with Crippen LogP contribution in [-0.2, 0) is 22.6 Å². The molecule has 0 bridgehead atoms. The molecule has 2 aromatic carbocycles. The Bertz CT molecular complexity index is 1430. The molecule has 0 aliphatic carbocycles. The van der Waals surface area contributed by atoms with E-state index in [1.165, 1.54) is 31.2 Å². The predicted octanol–water partition coefficient (Wildman–Crippen LogP) is 3.03. The molecule has 4 rings (SSSR count). The average molecular weight is 522 g/mol. The average Bonchev–Trinajstić information content (AvgIpc) is 3.24. The number of benzene rings is 2. The maximum atomic E-state index is 13.8. The highest BCUT2D eigenvalue weighted by atomic mass is 32.2. The van der Waals surface area contributed by atoms with Gasteiger partial charge >= 0.3 is 6.18 Å². The van der Waals surface area contributed by atoms with Crippen molar-refractivity contribution >= 4 is 27.5 Å². The van der Waals surface area contributed by atoms with Gasteiger partial charge in [0.2, 0.25) is 0 Å². The van der Waals surface area contributed by atoms with E-state index in [9.17, 15) is 26.4 Å². The molecule has 3 aromatic rings. The summed E-state index contributed by atoms with van der Waals surface area (Å²) in [6, 6.07) is 12.5. The number of carbonyl (C=O) groups excluding carboxylic acids is 1. The maximum absolute atomic E-state index is 13.8. The highest BCUT2D eigenvalue weighted by Crippen LogP contribution is 2.37. The third-order valence-corrected chi connectivity index (χ3v) is 6.06. The van der Waals surface area contributed by atoms with E-state index in [2.05, 4.69) is 14.8 Å². The molecule has 0 saturated carbocycles. The fourth-order valence-electron chi connectivity index (χ4n) is 3.95. The number of methoxy groups -OCH3 is 1. The van der Waals surface area contributed by atoms with Gasteiger partial charge in [0.05, 0.1) is 19.1 Å². The molecule has 1 aliphatic heterocycles. The number of amides is 1. The number of hydrogen-bond donors (Lipinski definition) is 1. The van der Waals surface area contributed by atoms with Gasteiger partial charge in [-0.2, -0.15) is 18.3 Å². The fraction of sp³-hybridized carbons (Fsp3) is 0.261. The first-order chi connectivity index (χ1) is 16.9. The molecule has 1 aliphatic rings. The van der Waals surface area contributed by atoms with Crippen molar-refractivity contribution in [3.8, 4) is 11.4 Å². The van der Waals surface area contributed by atoms with Crippen LogP contribution in [0.1, 0.15) is 27.3 Å². The molecule has 1 aromatic heterocycles. The Morgan fingerprint density at radius 2 is 1.69 bits per heavy atom. The third-order valence-electron chi connectivity index (χ3n) is 5.55. The van der Waals surface area contributed by atoms with Gasteiger partial charge in [-0.1, -0.05) is 0 Å². The summed E-state index contributed by atoms with van der Waals surface area (Å²) < 4.78 is 74.1. The van der Waals surface area contributed by atoms with E-state index in [0.717, 1.165) is 10.9 Å². The first-order valence-corrected chi connectivity index (χ1v) is 12.5. The molecule has 0 fully saturated rings. The molecule has 2 heterocycles. The SMILES string of the molecule is CN/C(=N/S(C)(=O)=O)c1ccc(N2CCc3c(C(F)(F)F)nn(-c4ccc(OC)cc4)c3C2=O)cc1. The minimum absolute atomic E-state index is 0.0128. The minimum atomic E-state index is -4.73. The van der Waals surface area contributed by atoms with Crippen molar-refractivity contribution in [2.45, 2.75) is 12.6 Å². The molecule has 1 N–H and O–H groups in total. The van der Waals surface area contributed by atoms with Gasteiger partial charge in [-0.3, -0.25) is 4.79 Å². The second-order valence-electron chi connectivity index (χ2n) is 7.96.